The Morgan fingerprint density at radius 3 is 1.53 bits per heavy atom. The predicted molar refractivity (Wildman–Crippen MR) is 198 cm³/mol. The maximum absolute atomic E-state index is 11.2. The molecule has 5 rings (SSSR count). The molecule has 0 amide bonds. The Morgan fingerprint density at radius 1 is 0.707 bits per heavy atom. The Morgan fingerprint density at radius 2 is 1.14 bits per heavy atom. The summed E-state index contributed by atoms with van der Waals surface area (Å²) in [5.74, 6) is 1.30. The first kappa shape index (κ1) is 51.4. The van der Waals surface area contributed by atoms with Gasteiger partial charge in [0.1, 0.15) is 0 Å². The van der Waals surface area contributed by atoms with Crippen molar-refractivity contribution >= 4 is 69.5 Å². The third-order valence-corrected chi connectivity index (χ3v) is 9.47. The molecule has 30 heteroatoms. The number of aromatic nitrogens is 8. The van der Waals surface area contributed by atoms with Gasteiger partial charge in [-0.3, -0.25) is 14.8 Å². The van der Waals surface area contributed by atoms with E-state index in [2.05, 4.69) is 70.7 Å². The van der Waals surface area contributed by atoms with Gasteiger partial charge in [0, 0.05) is 96.3 Å². The smallest absolute Gasteiger partial charge is 0.748 e. The number of anilines is 8. The van der Waals surface area contributed by atoms with Crippen molar-refractivity contribution in [3.05, 3.63) is 12.1 Å². The van der Waals surface area contributed by atoms with Crippen molar-refractivity contribution in [1.29, 1.82) is 0 Å². The zero-order valence-electron chi connectivity index (χ0n) is 32.0. The molecule has 2 unspecified atom stereocenters. The van der Waals surface area contributed by atoms with E-state index in [9.17, 15) is 38.7 Å². The van der Waals surface area contributed by atoms with Gasteiger partial charge >= 0.3 is 103 Å². The standard InChI is InChI=1S/C28H46N16O10S2.2K/c45-17-19(47)15-41-5-9-43(10-6-41)27-35-23(29-3-13-55-54-53-49)33-25(37-27)31-21-1-2-22(40-39-21)32-26-34-24(30-4-14-56(50,51)52)36-28(38-26)44-11-7-42(8-12-44)16-20(48)18-46;;/h1-2,19-20,45-49H,3-18H2,(H,50,51,52)(H2,29,31,33,35,37,39)(H2,30,32,34,36,38,40);;/q;2*+1/p-2. The number of hydrogen-bond donors (Lipinski definition) is 8. The van der Waals surface area contributed by atoms with E-state index in [0.29, 0.717) is 83.7 Å². The zero-order valence-corrected chi connectivity index (χ0v) is 39.9. The minimum absolute atomic E-state index is 0. The van der Waals surface area contributed by atoms with Gasteiger partial charge in [0.25, 0.3) is 0 Å². The molecule has 0 aliphatic carbocycles. The molecule has 58 heavy (non-hydrogen) atoms. The van der Waals surface area contributed by atoms with Crippen molar-refractivity contribution in [2.24, 2.45) is 0 Å². The number of aliphatic hydroxyl groups excluding tert-OH is 4. The summed E-state index contributed by atoms with van der Waals surface area (Å²) >= 11 is 0.805. The summed E-state index contributed by atoms with van der Waals surface area (Å²) in [5.41, 5.74) is 0. The van der Waals surface area contributed by atoms with E-state index in [4.69, 9.17) is 0 Å². The van der Waals surface area contributed by atoms with Crippen LogP contribution in [-0.2, 0) is 19.5 Å². The summed E-state index contributed by atoms with van der Waals surface area (Å²) in [5, 5.41) is 71.7. The molecule has 0 radical (unpaired) electrons. The summed E-state index contributed by atoms with van der Waals surface area (Å²) in [4.78, 5) is 34.6. The molecule has 2 aliphatic heterocycles. The second-order valence-corrected chi connectivity index (χ2v) is 14.7. The minimum Gasteiger partial charge on any atom is -0.748 e. The summed E-state index contributed by atoms with van der Waals surface area (Å²) in [6, 6.07) is 3.20. The first-order valence-electron chi connectivity index (χ1n) is 17.4. The molecular formula is C28H44K2N16O10S2. The molecule has 8 N–H and O–H groups in total. The number of aliphatic hydroxyl groups is 4. The van der Waals surface area contributed by atoms with Crippen LogP contribution in [-0.4, -0.2) is 199 Å². The Kier molecular flexibility index (Phi) is 23.5. The number of β-amino-alcohol motifs (C(OH)–C–C–N with tert-alkyl or cyclic N) is 2. The van der Waals surface area contributed by atoms with Crippen molar-refractivity contribution in [3.8, 4) is 0 Å². The van der Waals surface area contributed by atoms with Crippen LogP contribution in [0.5, 0.6) is 0 Å². The SMILES string of the molecule is O=S(=O)([O-])CCNc1nc(Nc2ccc(Nc3nc(NCCSOO[O-])nc(N4CCN(CC(O)CO)CC4)n3)nn2)nc(N2CCN(CC(O)CO)CC2)n1.[K+].[K+]. The Bertz CT molecular complexity index is 1770. The third-order valence-electron chi connectivity index (χ3n) is 8.24. The van der Waals surface area contributed by atoms with Crippen molar-refractivity contribution in [2.75, 3.05) is 134 Å². The van der Waals surface area contributed by atoms with Crippen LogP contribution < -0.4 is 139 Å². The van der Waals surface area contributed by atoms with Crippen molar-refractivity contribution in [2.45, 2.75) is 12.2 Å². The van der Waals surface area contributed by atoms with Gasteiger partial charge in [-0.15, -0.1) is 10.2 Å². The summed E-state index contributed by atoms with van der Waals surface area (Å²) in [7, 11) is -4.49. The monoisotopic (exact) mass is 906 g/mol. The summed E-state index contributed by atoms with van der Waals surface area (Å²) < 4.78 is 37.8. The molecule has 2 aliphatic rings. The molecule has 2 saturated heterocycles. The fraction of sp³-hybridized carbons (Fsp3) is 0.643. The van der Waals surface area contributed by atoms with Gasteiger partial charge in [-0.1, -0.05) is 0 Å². The van der Waals surface area contributed by atoms with Gasteiger partial charge in [0.2, 0.25) is 35.7 Å². The van der Waals surface area contributed by atoms with Crippen LogP contribution in [0.1, 0.15) is 0 Å². The van der Waals surface area contributed by atoms with Gasteiger partial charge in [0.15, 0.2) is 11.6 Å². The molecule has 0 aromatic carbocycles. The van der Waals surface area contributed by atoms with Crippen LogP contribution in [0.15, 0.2) is 12.1 Å². The fourth-order valence-corrected chi connectivity index (χ4v) is 6.14. The number of piperazine rings is 2. The third kappa shape index (κ3) is 17.8. The van der Waals surface area contributed by atoms with E-state index in [1.165, 1.54) is 0 Å². The van der Waals surface area contributed by atoms with E-state index in [1.54, 1.807) is 12.1 Å². The average Bonchev–Trinajstić information content (AvgIpc) is 3.18. The van der Waals surface area contributed by atoms with E-state index in [0.717, 1.165) is 12.0 Å². The van der Waals surface area contributed by atoms with E-state index in [1.807, 2.05) is 19.6 Å². The topological polar surface area (TPSA) is 344 Å². The second-order valence-electron chi connectivity index (χ2n) is 12.4. The second kappa shape index (κ2) is 26.5. The van der Waals surface area contributed by atoms with Crippen molar-refractivity contribution in [3.63, 3.8) is 0 Å². The van der Waals surface area contributed by atoms with Gasteiger partial charge in [-0.05, 0) is 12.1 Å². The van der Waals surface area contributed by atoms with E-state index >= 15 is 0 Å². The number of nitrogens with one attached hydrogen (secondary N) is 4. The van der Waals surface area contributed by atoms with Crippen LogP contribution in [0.3, 0.4) is 0 Å². The van der Waals surface area contributed by atoms with Gasteiger partial charge in [-0.2, -0.15) is 34.2 Å². The first-order valence-corrected chi connectivity index (χ1v) is 19.9. The van der Waals surface area contributed by atoms with Crippen molar-refractivity contribution in [1.82, 2.24) is 49.9 Å². The summed E-state index contributed by atoms with van der Waals surface area (Å²) in [6.45, 7) is 4.47. The molecule has 26 nitrogen and oxygen atoms in total. The van der Waals surface area contributed by atoms with E-state index < -0.39 is 28.1 Å². The van der Waals surface area contributed by atoms with Crippen LogP contribution >= 0.6 is 12.0 Å². The van der Waals surface area contributed by atoms with Crippen molar-refractivity contribution < 1.29 is 151 Å². The molecule has 2 atom stereocenters. The molecule has 5 heterocycles. The molecule has 3 aromatic rings. The van der Waals surface area contributed by atoms with Gasteiger partial charge in [0.05, 0.1) is 41.3 Å². The largest absolute Gasteiger partial charge is 1.00 e. The number of nitrogens with zero attached hydrogens (tertiary/aromatic N) is 12. The van der Waals surface area contributed by atoms with E-state index in [-0.39, 0.29) is 164 Å². The average molecular weight is 907 g/mol. The molecule has 310 valence electrons. The van der Waals surface area contributed by atoms with Crippen LogP contribution in [0.25, 0.3) is 0 Å². The molecule has 0 bridgehead atoms. The quantitative estimate of drug-likeness (QED) is 0.0116. The van der Waals surface area contributed by atoms with Crippen LogP contribution in [0.2, 0.25) is 0 Å². The Hall–Kier alpha value is -0.927. The minimum atomic E-state index is -4.49. The predicted octanol–water partition coefficient (Wildman–Crippen LogP) is -10.5. The first-order chi connectivity index (χ1) is 27.0. The zero-order chi connectivity index (χ0) is 39.9. The van der Waals surface area contributed by atoms with Gasteiger partial charge in [-0.25, -0.2) is 8.42 Å². The molecular weight excluding hydrogens is 863 g/mol. The number of rotatable bonds is 22. The normalized spacial score (nSPS) is 16.2. The molecule has 2 fully saturated rings. The van der Waals surface area contributed by atoms with Crippen LogP contribution in [0, 0.1) is 0 Å². The molecule has 3 aromatic heterocycles. The van der Waals surface area contributed by atoms with Crippen LogP contribution in [0.4, 0.5) is 47.3 Å². The van der Waals surface area contributed by atoms with Gasteiger partial charge < -0.3 is 61.3 Å². The number of hydrogen-bond acceptors (Lipinski definition) is 27. The maximum atomic E-state index is 11.2. The Balaban J connectivity index is 0.00000450. The Labute approximate surface area is 423 Å². The fourth-order valence-electron chi connectivity index (χ4n) is 5.50. The molecule has 0 saturated carbocycles. The maximum Gasteiger partial charge on any atom is 1.00 e. The summed E-state index contributed by atoms with van der Waals surface area (Å²) in [6.07, 6.45) is -1.69. The molecule has 0 spiro atoms.